The molecule has 2 atom stereocenters. The van der Waals surface area contributed by atoms with Crippen LogP contribution >= 0.6 is 27.3 Å². The van der Waals surface area contributed by atoms with Gasteiger partial charge < -0.3 is 15.7 Å². The van der Waals surface area contributed by atoms with Crippen molar-refractivity contribution >= 4 is 45.1 Å². The number of hydrogen-bond donors (Lipinski definition) is 3. The van der Waals surface area contributed by atoms with Gasteiger partial charge in [0.2, 0.25) is 5.91 Å². The number of carbonyl (C=O) groups excluding carboxylic acids is 2. The number of halogens is 1. The SMILES string of the molecule is CC(CC(=O)O)NC(=O)C(C)NC(=O)c1ccc(Br)s1. The van der Waals surface area contributed by atoms with Gasteiger partial charge in [-0.3, -0.25) is 14.4 Å². The highest BCUT2D eigenvalue weighted by Crippen LogP contribution is 2.21. The highest BCUT2D eigenvalue weighted by Gasteiger charge is 2.19. The summed E-state index contributed by atoms with van der Waals surface area (Å²) in [5.41, 5.74) is 0. The molecule has 0 fully saturated rings. The number of rotatable bonds is 6. The number of carboxylic acids is 1. The van der Waals surface area contributed by atoms with Crippen LogP contribution < -0.4 is 10.6 Å². The molecule has 0 saturated carbocycles. The summed E-state index contributed by atoms with van der Waals surface area (Å²) in [6.45, 7) is 3.14. The molecule has 1 aromatic heterocycles. The molecule has 6 nitrogen and oxygen atoms in total. The zero-order valence-electron chi connectivity index (χ0n) is 11.0. The Bertz CT molecular complexity index is 517. The lowest BCUT2D eigenvalue weighted by Crippen LogP contribution is -2.47. The van der Waals surface area contributed by atoms with Crippen LogP contribution in [0.25, 0.3) is 0 Å². The molecule has 0 spiro atoms. The normalized spacial score (nSPS) is 13.3. The zero-order chi connectivity index (χ0) is 15.3. The maximum atomic E-state index is 11.8. The molecule has 0 aliphatic rings. The van der Waals surface area contributed by atoms with Crippen molar-refractivity contribution in [2.45, 2.75) is 32.4 Å². The molecule has 0 saturated heterocycles. The molecule has 20 heavy (non-hydrogen) atoms. The molecule has 1 aromatic rings. The molecule has 0 aromatic carbocycles. The molecular formula is C12H15BrN2O4S. The van der Waals surface area contributed by atoms with Crippen LogP contribution in [-0.2, 0) is 9.59 Å². The summed E-state index contributed by atoms with van der Waals surface area (Å²) in [7, 11) is 0. The first-order valence-electron chi connectivity index (χ1n) is 5.88. The van der Waals surface area contributed by atoms with Crippen molar-refractivity contribution in [2.24, 2.45) is 0 Å². The van der Waals surface area contributed by atoms with Gasteiger partial charge in [0.25, 0.3) is 5.91 Å². The third-order valence-corrected chi connectivity index (χ3v) is 4.03. The van der Waals surface area contributed by atoms with E-state index in [4.69, 9.17) is 5.11 Å². The monoisotopic (exact) mass is 362 g/mol. The Labute approximate surface area is 128 Å². The van der Waals surface area contributed by atoms with E-state index in [2.05, 4.69) is 26.6 Å². The van der Waals surface area contributed by atoms with E-state index in [0.717, 1.165) is 3.79 Å². The Morgan fingerprint density at radius 1 is 1.30 bits per heavy atom. The summed E-state index contributed by atoms with van der Waals surface area (Å²) >= 11 is 4.52. The number of carboxylic acid groups (broad SMARTS) is 1. The predicted octanol–water partition coefficient (Wildman–Crippen LogP) is 1.61. The second kappa shape index (κ2) is 7.39. The summed E-state index contributed by atoms with van der Waals surface area (Å²) in [6, 6.07) is 2.18. The third-order valence-electron chi connectivity index (χ3n) is 2.41. The Hall–Kier alpha value is -1.41. The van der Waals surface area contributed by atoms with Gasteiger partial charge in [0.15, 0.2) is 0 Å². The topological polar surface area (TPSA) is 95.5 Å². The second-order valence-electron chi connectivity index (χ2n) is 4.31. The van der Waals surface area contributed by atoms with E-state index >= 15 is 0 Å². The molecule has 1 rings (SSSR count). The number of aliphatic carboxylic acids is 1. The maximum Gasteiger partial charge on any atom is 0.305 e. The van der Waals surface area contributed by atoms with Gasteiger partial charge in [0.1, 0.15) is 6.04 Å². The average molecular weight is 363 g/mol. The number of carbonyl (C=O) groups is 3. The van der Waals surface area contributed by atoms with Crippen LogP contribution in [0.1, 0.15) is 29.9 Å². The fourth-order valence-corrected chi connectivity index (χ4v) is 2.74. The first kappa shape index (κ1) is 16.6. The second-order valence-corrected chi connectivity index (χ2v) is 6.77. The largest absolute Gasteiger partial charge is 0.481 e. The molecular weight excluding hydrogens is 348 g/mol. The number of nitrogens with one attached hydrogen (secondary N) is 2. The standard InChI is InChI=1S/C12H15BrN2O4S/c1-6(5-10(16)17)14-11(18)7(2)15-12(19)8-3-4-9(13)20-8/h3-4,6-7H,5H2,1-2H3,(H,14,18)(H,15,19)(H,16,17). The van der Waals surface area contributed by atoms with Gasteiger partial charge in [0, 0.05) is 6.04 Å². The van der Waals surface area contributed by atoms with E-state index < -0.39 is 24.0 Å². The van der Waals surface area contributed by atoms with Crippen molar-refractivity contribution in [1.29, 1.82) is 0 Å². The van der Waals surface area contributed by atoms with Crippen molar-refractivity contribution < 1.29 is 19.5 Å². The van der Waals surface area contributed by atoms with Gasteiger partial charge in [0.05, 0.1) is 15.1 Å². The van der Waals surface area contributed by atoms with Gasteiger partial charge in [-0.2, -0.15) is 0 Å². The summed E-state index contributed by atoms with van der Waals surface area (Å²) in [5, 5.41) is 13.7. The Kier molecular flexibility index (Phi) is 6.15. The maximum absolute atomic E-state index is 11.8. The molecule has 2 unspecified atom stereocenters. The predicted molar refractivity (Wildman–Crippen MR) is 78.8 cm³/mol. The average Bonchev–Trinajstić information content (AvgIpc) is 2.74. The molecule has 2 amide bonds. The highest BCUT2D eigenvalue weighted by molar-refractivity contribution is 9.11. The molecule has 3 N–H and O–H groups in total. The minimum atomic E-state index is -0.988. The van der Waals surface area contributed by atoms with E-state index in [1.54, 1.807) is 26.0 Å². The van der Waals surface area contributed by atoms with Crippen LogP contribution in [0.2, 0.25) is 0 Å². The van der Waals surface area contributed by atoms with Crippen molar-refractivity contribution in [3.63, 3.8) is 0 Å². The van der Waals surface area contributed by atoms with Crippen LogP contribution in [0.15, 0.2) is 15.9 Å². The van der Waals surface area contributed by atoms with Gasteiger partial charge >= 0.3 is 5.97 Å². The quantitative estimate of drug-likeness (QED) is 0.716. The summed E-state index contributed by atoms with van der Waals surface area (Å²) in [4.78, 5) is 34.6. The van der Waals surface area contributed by atoms with Crippen LogP contribution in [0.5, 0.6) is 0 Å². The van der Waals surface area contributed by atoms with E-state index in [1.807, 2.05) is 0 Å². The molecule has 110 valence electrons. The lowest BCUT2D eigenvalue weighted by Gasteiger charge is -2.17. The van der Waals surface area contributed by atoms with Crippen LogP contribution in [0.4, 0.5) is 0 Å². The van der Waals surface area contributed by atoms with Crippen molar-refractivity contribution in [1.82, 2.24) is 10.6 Å². The van der Waals surface area contributed by atoms with E-state index in [-0.39, 0.29) is 12.3 Å². The molecule has 0 aliphatic carbocycles. The first-order chi connectivity index (χ1) is 9.29. The van der Waals surface area contributed by atoms with Gasteiger partial charge in [-0.15, -0.1) is 11.3 Å². The van der Waals surface area contributed by atoms with Crippen molar-refractivity contribution in [3.8, 4) is 0 Å². The van der Waals surface area contributed by atoms with E-state index in [9.17, 15) is 14.4 Å². The molecule has 0 bridgehead atoms. The number of hydrogen-bond acceptors (Lipinski definition) is 4. The van der Waals surface area contributed by atoms with E-state index in [0.29, 0.717) is 4.88 Å². The first-order valence-corrected chi connectivity index (χ1v) is 7.49. The zero-order valence-corrected chi connectivity index (χ0v) is 13.4. The summed E-state index contributed by atoms with van der Waals surface area (Å²) in [5.74, 6) is -1.74. The fourth-order valence-electron chi connectivity index (χ4n) is 1.45. The van der Waals surface area contributed by atoms with E-state index in [1.165, 1.54) is 11.3 Å². The molecule has 1 heterocycles. The van der Waals surface area contributed by atoms with Gasteiger partial charge in [-0.05, 0) is 41.9 Å². The van der Waals surface area contributed by atoms with Crippen LogP contribution in [0.3, 0.4) is 0 Å². The van der Waals surface area contributed by atoms with Gasteiger partial charge in [-0.25, -0.2) is 0 Å². The van der Waals surface area contributed by atoms with Crippen LogP contribution in [0, 0.1) is 0 Å². The van der Waals surface area contributed by atoms with Crippen molar-refractivity contribution in [3.05, 3.63) is 20.8 Å². The smallest absolute Gasteiger partial charge is 0.305 e. The Morgan fingerprint density at radius 2 is 1.95 bits per heavy atom. The Balaban J connectivity index is 2.49. The lowest BCUT2D eigenvalue weighted by atomic mass is 10.2. The van der Waals surface area contributed by atoms with Crippen LogP contribution in [-0.4, -0.2) is 35.0 Å². The third kappa shape index (κ3) is 5.30. The number of thiophene rings is 1. The summed E-state index contributed by atoms with van der Waals surface area (Å²) in [6.07, 6.45) is -0.162. The summed E-state index contributed by atoms with van der Waals surface area (Å²) < 4.78 is 0.829. The fraction of sp³-hybridized carbons (Fsp3) is 0.417. The highest BCUT2D eigenvalue weighted by atomic mass is 79.9. The minimum Gasteiger partial charge on any atom is -0.481 e. The Morgan fingerprint density at radius 3 is 2.45 bits per heavy atom. The molecule has 0 aliphatic heterocycles. The molecule has 8 heteroatoms. The molecule has 0 radical (unpaired) electrons. The van der Waals surface area contributed by atoms with Crippen molar-refractivity contribution in [2.75, 3.05) is 0 Å². The number of amides is 2. The minimum absolute atomic E-state index is 0.162. The lowest BCUT2D eigenvalue weighted by molar-refractivity contribution is -0.137. The van der Waals surface area contributed by atoms with Gasteiger partial charge in [-0.1, -0.05) is 0 Å².